The standard InChI is InChI=1S/C25H26BrNO4/c1-4-30-23-13-19(14-27-22-7-5-6-20(17(22)3)25(28)29)12-21(26)24(23)31-15-18-10-8-16(2)9-11-18/h5-13,27H,4,14-15H2,1-3H3,(H,28,29). The molecule has 0 radical (unpaired) electrons. The number of carboxylic acids is 1. The van der Waals surface area contributed by atoms with Gasteiger partial charge in [0.1, 0.15) is 6.61 Å². The Hall–Kier alpha value is -2.99. The van der Waals surface area contributed by atoms with Crippen LogP contribution in [0.25, 0.3) is 0 Å². The molecular formula is C25H26BrNO4. The Morgan fingerprint density at radius 3 is 2.45 bits per heavy atom. The molecule has 0 fully saturated rings. The van der Waals surface area contributed by atoms with Gasteiger partial charge in [-0.15, -0.1) is 0 Å². The van der Waals surface area contributed by atoms with E-state index < -0.39 is 5.97 Å². The molecule has 31 heavy (non-hydrogen) atoms. The quantitative estimate of drug-likeness (QED) is 0.370. The number of halogens is 1. The summed E-state index contributed by atoms with van der Waals surface area (Å²) in [4.78, 5) is 11.4. The monoisotopic (exact) mass is 483 g/mol. The molecule has 0 unspecified atom stereocenters. The first-order valence-corrected chi connectivity index (χ1v) is 10.9. The third kappa shape index (κ3) is 5.79. The Morgan fingerprint density at radius 1 is 1.03 bits per heavy atom. The number of rotatable bonds is 9. The molecule has 0 saturated heterocycles. The van der Waals surface area contributed by atoms with Crippen LogP contribution >= 0.6 is 15.9 Å². The topological polar surface area (TPSA) is 67.8 Å². The van der Waals surface area contributed by atoms with Crippen LogP contribution in [0.2, 0.25) is 0 Å². The van der Waals surface area contributed by atoms with Crippen LogP contribution < -0.4 is 14.8 Å². The lowest BCUT2D eigenvalue weighted by Gasteiger charge is -2.17. The van der Waals surface area contributed by atoms with Gasteiger partial charge in [0.05, 0.1) is 16.6 Å². The largest absolute Gasteiger partial charge is 0.490 e. The zero-order chi connectivity index (χ0) is 22.4. The predicted molar refractivity (Wildman–Crippen MR) is 126 cm³/mol. The molecule has 2 N–H and O–H groups in total. The summed E-state index contributed by atoms with van der Waals surface area (Å²) < 4.78 is 12.7. The molecule has 3 aromatic rings. The second kappa shape index (κ2) is 10.4. The van der Waals surface area contributed by atoms with Gasteiger partial charge in [-0.3, -0.25) is 0 Å². The number of aryl methyl sites for hydroxylation is 1. The number of aromatic carboxylic acids is 1. The smallest absolute Gasteiger partial charge is 0.336 e. The third-order valence-corrected chi connectivity index (χ3v) is 5.51. The molecule has 3 aromatic carbocycles. The normalized spacial score (nSPS) is 10.6. The van der Waals surface area contributed by atoms with Gasteiger partial charge in [0.25, 0.3) is 0 Å². The molecule has 0 spiro atoms. The summed E-state index contributed by atoms with van der Waals surface area (Å²) in [7, 11) is 0. The van der Waals surface area contributed by atoms with Crippen LogP contribution in [0.1, 0.15) is 39.5 Å². The van der Waals surface area contributed by atoms with Crippen LogP contribution in [-0.4, -0.2) is 17.7 Å². The average Bonchev–Trinajstić information content (AvgIpc) is 2.73. The van der Waals surface area contributed by atoms with Crippen LogP contribution in [0.5, 0.6) is 11.5 Å². The van der Waals surface area contributed by atoms with E-state index in [1.807, 2.05) is 25.1 Å². The highest BCUT2D eigenvalue weighted by molar-refractivity contribution is 9.10. The van der Waals surface area contributed by atoms with Crippen LogP contribution in [0.4, 0.5) is 5.69 Å². The first kappa shape index (κ1) is 22.7. The number of hydrogen-bond donors (Lipinski definition) is 2. The van der Waals surface area contributed by atoms with Crippen LogP contribution in [-0.2, 0) is 13.2 Å². The molecule has 0 atom stereocenters. The van der Waals surface area contributed by atoms with Gasteiger partial charge in [-0.1, -0.05) is 35.9 Å². The lowest BCUT2D eigenvalue weighted by molar-refractivity contribution is 0.0696. The number of ether oxygens (including phenoxy) is 2. The van der Waals surface area contributed by atoms with E-state index in [1.54, 1.807) is 19.1 Å². The molecular weight excluding hydrogens is 458 g/mol. The van der Waals surface area contributed by atoms with Gasteiger partial charge < -0.3 is 19.9 Å². The summed E-state index contributed by atoms with van der Waals surface area (Å²) in [6.07, 6.45) is 0. The number of anilines is 1. The molecule has 6 heteroatoms. The van der Waals surface area contributed by atoms with E-state index in [4.69, 9.17) is 9.47 Å². The van der Waals surface area contributed by atoms with E-state index in [9.17, 15) is 9.90 Å². The first-order chi connectivity index (χ1) is 14.9. The fraction of sp³-hybridized carbons (Fsp3) is 0.240. The van der Waals surface area contributed by atoms with E-state index in [-0.39, 0.29) is 0 Å². The number of benzene rings is 3. The molecule has 162 valence electrons. The molecule has 0 amide bonds. The van der Waals surface area contributed by atoms with Crippen molar-refractivity contribution in [3.63, 3.8) is 0 Å². The average molecular weight is 484 g/mol. The maximum absolute atomic E-state index is 11.4. The van der Waals surface area contributed by atoms with E-state index in [0.717, 1.165) is 21.3 Å². The van der Waals surface area contributed by atoms with Gasteiger partial charge in [-0.05, 0) is 77.7 Å². The minimum atomic E-state index is -0.933. The van der Waals surface area contributed by atoms with Crippen LogP contribution in [0.3, 0.4) is 0 Å². The minimum Gasteiger partial charge on any atom is -0.490 e. The Kier molecular flexibility index (Phi) is 7.58. The summed E-state index contributed by atoms with van der Waals surface area (Å²) >= 11 is 3.61. The SMILES string of the molecule is CCOc1cc(CNc2cccc(C(=O)O)c2C)cc(Br)c1OCc1ccc(C)cc1. The molecule has 3 rings (SSSR count). The molecule has 0 saturated carbocycles. The van der Waals surface area contributed by atoms with Crippen molar-refractivity contribution in [2.45, 2.75) is 33.9 Å². The molecule has 0 heterocycles. The summed E-state index contributed by atoms with van der Waals surface area (Å²) in [6.45, 7) is 7.27. The van der Waals surface area contributed by atoms with Gasteiger partial charge >= 0.3 is 5.97 Å². The Balaban J connectivity index is 1.77. The number of carbonyl (C=O) groups is 1. The second-order valence-electron chi connectivity index (χ2n) is 7.25. The number of carboxylic acid groups (broad SMARTS) is 1. The first-order valence-electron chi connectivity index (χ1n) is 10.1. The fourth-order valence-electron chi connectivity index (χ4n) is 3.22. The van der Waals surface area contributed by atoms with Gasteiger partial charge in [0, 0.05) is 12.2 Å². The Morgan fingerprint density at radius 2 is 1.77 bits per heavy atom. The van der Waals surface area contributed by atoms with Crippen molar-refractivity contribution in [2.75, 3.05) is 11.9 Å². The zero-order valence-electron chi connectivity index (χ0n) is 17.9. The predicted octanol–water partition coefficient (Wildman–Crippen LogP) is 6.35. The summed E-state index contributed by atoms with van der Waals surface area (Å²) in [5.41, 5.74) is 5.06. The summed E-state index contributed by atoms with van der Waals surface area (Å²) in [5, 5.41) is 12.6. The molecule has 0 aromatic heterocycles. The Bertz CT molecular complexity index is 1060. The lowest BCUT2D eigenvalue weighted by atomic mass is 10.1. The number of nitrogens with one attached hydrogen (secondary N) is 1. The van der Waals surface area contributed by atoms with E-state index in [2.05, 4.69) is 52.4 Å². The highest BCUT2D eigenvalue weighted by atomic mass is 79.9. The number of hydrogen-bond acceptors (Lipinski definition) is 4. The zero-order valence-corrected chi connectivity index (χ0v) is 19.5. The van der Waals surface area contributed by atoms with Gasteiger partial charge in [-0.25, -0.2) is 4.79 Å². The lowest BCUT2D eigenvalue weighted by Crippen LogP contribution is -2.07. The maximum atomic E-state index is 11.4. The maximum Gasteiger partial charge on any atom is 0.336 e. The van der Waals surface area contributed by atoms with Crippen molar-refractivity contribution < 1.29 is 19.4 Å². The second-order valence-corrected chi connectivity index (χ2v) is 8.10. The van der Waals surface area contributed by atoms with Crippen molar-refractivity contribution >= 4 is 27.6 Å². The fourth-order valence-corrected chi connectivity index (χ4v) is 3.83. The molecule has 0 aliphatic carbocycles. The summed E-state index contributed by atoms with van der Waals surface area (Å²) in [5.74, 6) is 0.393. The van der Waals surface area contributed by atoms with Gasteiger partial charge in [0.2, 0.25) is 0 Å². The summed E-state index contributed by atoms with van der Waals surface area (Å²) in [6, 6.07) is 17.4. The van der Waals surface area contributed by atoms with Crippen LogP contribution in [0.15, 0.2) is 59.1 Å². The van der Waals surface area contributed by atoms with E-state index in [1.165, 1.54) is 5.56 Å². The highest BCUT2D eigenvalue weighted by Gasteiger charge is 2.14. The van der Waals surface area contributed by atoms with Crippen molar-refractivity contribution in [1.29, 1.82) is 0 Å². The molecule has 0 aliphatic heterocycles. The van der Waals surface area contributed by atoms with Crippen molar-refractivity contribution in [3.8, 4) is 11.5 Å². The highest BCUT2D eigenvalue weighted by Crippen LogP contribution is 2.38. The van der Waals surface area contributed by atoms with E-state index >= 15 is 0 Å². The molecule has 5 nitrogen and oxygen atoms in total. The third-order valence-electron chi connectivity index (χ3n) is 4.92. The van der Waals surface area contributed by atoms with Crippen molar-refractivity contribution in [1.82, 2.24) is 0 Å². The van der Waals surface area contributed by atoms with Gasteiger partial charge in [0.15, 0.2) is 11.5 Å². The molecule has 0 bridgehead atoms. The Labute approximate surface area is 191 Å². The van der Waals surface area contributed by atoms with Gasteiger partial charge in [-0.2, -0.15) is 0 Å². The van der Waals surface area contributed by atoms with Crippen molar-refractivity contribution in [2.24, 2.45) is 0 Å². The molecule has 0 aliphatic rings. The van der Waals surface area contributed by atoms with Crippen molar-refractivity contribution in [3.05, 3.63) is 86.9 Å². The minimum absolute atomic E-state index is 0.293. The van der Waals surface area contributed by atoms with E-state index in [0.29, 0.717) is 42.4 Å². The van der Waals surface area contributed by atoms with Crippen LogP contribution in [0, 0.1) is 13.8 Å².